The lowest BCUT2D eigenvalue weighted by atomic mass is 9.70. The summed E-state index contributed by atoms with van der Waals surface area (Å²) in [6.45, 7) is 0.204. The van der Waals surface area contributed by atoms with Crippen LogP contribution < -0.4 is 0 Å². The maximum absolute atomic E-state index is 11.4. The van der Waals surface area contributed by atoms with Crippen LogP contribution in [-0.2, 0) is 23.8 Å². The number of rotatable bonds is 4. The molecule has 1 atom stereocenters. The zero-order chi connectivity index (χ0) is 12.0. The molecule has 16 heavy (non-hydrogen) atoms. The number of ether oxygens (including phenoxy) is 1. The number of hydrogen-bond donors (Lipinski definition) is 0. The van der Waals surface area contributed by atoms with Crippen molar-refractivity contribution < 1.29 is 22.1 Å². The number of methoxy groups -OCH3 is 1. The fourth-order valence-corrected chi connectivity index (χ4v) is 3.44. The second kappa shape index (κ2) is 3.70. The minimum atomic E-state index is -3.38. The van der Waals surface area contributed by atoms with Crippen LogP contribution in [0, 0.1) is 17.3 Å². The molecule has 0 aliphatic heterocycles. The summed E-state index contributed by atoms with van der Waals surface area (Å²) in [5.41, 5.74) is -0.105. The summed E-state index contributed by atoms with van der Waals surface area (Å²) in [6.07, 6.45) is 3.50. The molecule has 0 aromatic heterocycles. The predicted molar refractivity (Wildman–Crippen MR) is 56.1 cm³/mol. The second-order valence-electron chi connectivity index (χ2n) is 4.97. The van der Waals surface area contributed by atoms with Crippen LogP contribution in [0.1, 0.15) is 19.3 Å². The van der Waals surface area contributed by atoms with Crippen LogP contribution >= 0.6 is 0 Å². The highest BCUT2D eigenvalue weighted by Gasteiger charge is 2.58. The van der Waals surface area contributed by atoms with E-state index in [2.05, 4.69) is 0 Å². The van der Waals surface area contributed by atoms with Gasteiger partial charge in [-0.25, -0.2) is 0 Å². The van der Waals surface area contributed by atoms with E-state index in [4.69, 9.17) is 8.92 Å². The number of fused-ring (bicyclic) bond motifs is 1. The molecule has 0 aromatic carbocycles. The first-order valence-electron chi connectivity index (χ1n) is 5.27. The van der Waals surface area contributed by atoms with Gasteiger partial charge in [-0.05, 0) is 30.6 Å². The zero-order valence-corrected chi connectivity index (χ0v) is 10.2. The smallest absolute Gasteiger partial charge is 0.308 e. The minimum Gasteiger partial charge on any atom is -0.469 e. The molecule has 3 aliphatic carbocycles. The van der Waals surface area contributed by atoms with Gasteiger partial charge in [0, 0.05) is 0 Å². The van der Waals surface area contributed by atoms with Gasteiger partial charge in [0.15, 0.2) is 0 Å². The number of esters is 1. The Morgan fingerprint density at radius 2 is 2.00 bits per heavy atom. The topological polar surface area (TPSA) is 69.7 Å². The monoisotopic (exact) mass is 248 g/mol. The number of hydrogen-bond acceptors (Lipinski definition) is 5. The van der Waals surface area contributed by atoms with E-state index < -0.39 is 10.1 Å². The molecular formula is C10H16O5S. The molecule has 0 heterocycles. The van der Waals surface area contributed by atoms with Crippen molar-refractivity contribution >= 4 is 16.1 Å². The molecule has 0 saturated heterocycles. The first-order chi connectivity index (χ1) is 7.35. The third kappa shape index (κ3) is 2.08. The molecule has 0 aromatic rings. The molecule has 3 fully saturated rings. The van der Waals surface area contributed by atoms with Crippen LogP contribution in [0.2, 0.25) is 0 Å². The van der Waals surface area contributed by atoms with Gasteiger partial charge in [-0.1, -0.05) is 0 Å². The van der Waals surface area contributed by atoms with E-state index in [1.165, 1.54) is 7.11 Å². The summed E-state index contributed by atoms with van der Waals surface area (Å²) >= 11 is 0. The Morgan fingerprint density at radius 3 is 2.50 bits per heavy atom. The van der Waals surface area contributed by atoms with E-state index >= 15 is 0 Å². The predicted octanol–water partition coefficient (Wildman–Crippen LogP) is 0.552. The van der Waals surface area contributed by atoms with E-state index in [0.717, 1.165) is 19.1 Å². The van der Waals surface area contributed by atoms with Crippen molar-refractivity contribution in [1.82, 2.24) is 0 Å². The van der Waals surface area contributed by atoms with Crippen molar-refractivity contribution in [3.05, 3.63) is 0 Å². The summed E-state index contributed by atoms with van der Waals surface area (Å²) in [6, 6.07) is 0. The highest BCUT2D eigenvalue weighted by molar-refractivity contribution is 7.85. The van der Waals surface area contributed by atoms with Crippen molar-refractivity contribution in [3.8, 4) is 0 Å². The summed E-state index contributed by atoms with van der Waals surface area (Å²) < 4.78 is 31.4. The lowest BCUT2D eigenvalue weighted by molar-refractivity contribution is -0.146. The van der Waals surface area contributed by atoms with Crippen molar-refractivity contribution in [2.75, 3.05) is 20.0 Å². The van der Waals surface area contributed by atoms with Crippen LogP contribution in [0.3, 0.4) is 0 Å². The van der Waals surface area contributed by atoms with Crippen LogP contribution in [0.15, 0.2) is 0 Å². The van der Waals surface area contributed by atoms with Gasteiger partial charge < -0.3 is 4.74 Å². The highest BCUT2D eigenvalue weighted by atomic mass is 32.2. The highest BCUT2D eigenvalue weighted by Crippen LogP contribution is 2.62. The molecule has 2 bridgehead atoms. The van der Waals surface area contributed by atoms with E-state index in [1.807, 2.05) is 0 Å². The molecule has 92 valence electrons. The second-order valence-corrected chi connectivity index (χ2v) is 6.61. The average Bonchev–Trinajstić information content (AvgIpc) is 2.66. The zero-order valence-electron chi connectivity index (χ0n) is 9.43. The Hall–Kier alpha value is -0.620. The molecule has 0 radical (unpaired) electrons. The van der Waals surface area contributed by atoms with Crippen molar-refractivity contribution in [3.63, 3.8) is 0 Å². The summed E-state index contributed by atoms with van der Waals surface area (Å²) in [5.74, 6) is 0.118. The lowest BCUT2D eigenvalue weighted by Gasteiger charge is -2.37. The Balaban J connectivity index is 1.93. The summed E-state index contributed by atoms with van der Waals surface area (Å²) in [4.78, 5) is 11.4. The van der Waals surface area contributed by atoms with Gasteiger partial charge in [-0.15, -0.1) is 0 Å². The Morgan fingerprint density at radius 1 is 1.38 bits per heavy atom. The minimum absolute atomic E-state index is 0.0619. The van der Waals surface area contributed by atoms with E-state index in [9.17, 15) is 13.2 Å². The molecule has 3 saturated carbocycles. The third-order valence-electron chi connectivity index (χ3n) is 3.70. The van der Waals surface area contributed by atoms with Gasteiger partial charge in [-0.2, -0.15) is 8.42 Å². The standard InChI is InChI=1S/C10H16O5S/c1-14-9(11)8-5-10(3-7(8)4-10)6-15-16(2,12)13/h7-8H,3-6H2,1-2H3. The molecule has 0 N–H and O–H groups in total. The molecule has 0 amide bonds. The SMILES string of the molecule is COC(=O)C1CC2(COS(C)(=O)=O)CC1C2. The first kappa shape index (κ1) is 11.9. The summed E-state index contributed by atoms with van der Waals surface area (Å²) in [5, 5.41) is 0. The van der Waals surface area contributed by atoms with Gasteiger partial charge in [0.1, 0.15) is 0 Å². The number of carbonyl (C=O) groups is 1. The van der Waals surface area contributed by atoms with Crippen LogP contribution in [0.4, 0.5) is 0 Å². The molecule has 0 spiro atoms. The van der Waals surface area contributed by atoms with Gasteiger partial charge in [-0.3, -0.25) is 8.98 Å². The van der Waals surface area contributed by atoms with E-state index in [0.29, 0.717) is 12.3 Å². The van der Waals surface area contributed by atoms with Crippen molar-refractivity contribution in [1.29, 1.82) is 0 Å². The maximum atomic E-state index is 11.4. The molecule has 1 unspecified atom stereocenters. The van der Waals surface area contributed by atoms with Gasteiger partial charge in [0.2, 0.25) is 0 Å². The van der Waals surface area contributed by atoms with Gasteiger partial charge in [0.05, 0.1) is 25.9 Å². The van der Waals surface area contributed by atoms with E-state index in [1.54, 1.807) is 0 Å². The third-order valence-corrected chi connectivity index (χ3v) is 4.24. The van der Waals surface area contributed by atoms with Crippen molar-refractivity contribution in [2.24, 2.45) is 17.3 Å². The first-order valence-corrected chi connectivity index (χ1v) is 7.09. The quantitative estimate of drug-likeness (QED) is 0.537. The van der Waals surface area contributed by atoms with Crippen LogP contribution in [-0.4, -0.2) is 34.4 Å². The fraction of sp³-hybridized carbons (Fsp3) is 0.900. The number of carbonyl (C=O) groups excluding carboxylic acids is 1. The summed E-state index contributed by atoms with van der Waals surface area (Å²) in [7, 11) is -2.00. The van der Waals surface area contributed by atoms with E-state index in [-0.39, 0.29) is 23.9 Å². The lowest BCUT2D eigenvalue weighted by Crippen LogP contribution is -2.34. The fourth-order valence-electron chi connectivity index (χ4n) is 2.97. The van der Waals surface area contributed by atoms with Crippen molar-refractivity contribution in [2.45, 2.75) is 19.3 Å². The molecule has 3 rings (SSSR count). The van der Waals surface area contributed by atoms with Crippen LogP contribution in [0.5, 0.6) is 0 Å². The normalized spacial score (nSPS) is 36.9. The molecule has 6 heteroatoms. The van der Waals surface area contributed by atoms with Crippen LogP contribution in [0.25, 0.3) is 0 Å². The average molecular weight is 248 g/mol. The largest absolute Gasteiger partial charge is 0.469 e. The van der Waals surface area contributed by atoms with Gasteiger partial charge >= 0.3 is 5.97 Å². The Bertz CT molecular complexity index is 393. The Kier molecular flexibility index (Phi) is 2.74. The van der Waals surface area contributed by atoms with Gasteiger partial charge in [0.25, 0.3) is 10.1 Å². The molecule has 5 nitrogen and oxygen atoms in total. The Labute approximate surface area is 95.2 Å². The molecule has 3 aliphatic rings. The molecular weight excluding hydrogens is 232 g/mol. The maximum Gasteiger partial charge on any atom is 0.308 e.